The van der Waals surface area contributed by atoms with Crippen LogP contribution in [0, 0.1) is 6.92 Å². The molecule has 1 aliphatic rings. The molecule has 0 amide bonds. The van der Waals surface area contributed by atoms with E-state index in [-0.39, 0.29) is 17.3 Å². The number of nitrogens with zero attached hydrogens (tertiary/aromatic N) is 1. The first kappa shape index (κ1) is 23.8. The van der Waals surface area contributed by atoms with Crippen molar-refractivity contribution in [1.29, 1.82) is 0 Å². The van der Waals surface area contributed by atoms with Crippen LogP contribution in [0.4, 0.5) is 0 Å². The van der Waals surface area contributed by atoms with Gasteiger partial charge in [0.15, 0.2) is 5.70 Å². The smallest absolute Gasteiger partial charge is 0.363 e. The summed E-state index contributed by atoms with van der Waals surface area (Å²) in [5.74, 6) is -0.791. The number of cyclic esters (lactones) is 1. The number of aryl methyl sites for hydroxylation is 1. The van der Waals surface area contributed by atoms with Crippen LogP contribution in [0.15, 0.2) is 75.8 Å². The molecule has 2 heterocycles. The highest BCUT2D eigenvalue weighted by Crippen LogP contribution is 2.38. The highest BCUT2D eigenvalue weighted by Gasteiger charge is 2.28. The van der Waals surface area contributed by atoms with Gasteiger partial charge in [-0.1, -0.05) is 51.3 Å². The van der Waals surface area contributed by atoms with Crippen molar-refractivity contribution in [3.05, 3.63) is 102 Å². The highest BCUT2D eigenvalue weighted by molar-refractivity contribution is 9.10. The summed E-state index contributed by atoms with van der Waals surface area (Å²) in [6.45, 7) is 2.00. The fourth-order valence-corrected chi connectivity index (χ4v) is 5.47. The number of fused-ring (bicyclic) bond motifs is 1. The lowest BCUT2D eigenvalue weighted by Gasteiger charge is -2.08. The normalized spacial score (nSPS) is 14.3. The minimum Gasteiger partial charge on any atom is -0.422 e. The zero-order valence-electron chi connectivity index (χ0n) is 18.0. The van der Waals surface area contributed by atoms with Gasteiger partial charge in [0.05, 0.1) is 10.6 Å². The molecule has 1 aromatic heterocycles. The monoisotopic (exact) mass is 585 g/mol. The van der Waals surface area contributed by atoms with E-state index in [0.29, 0.717) is 26.0 Å². The lowest BCUT2D eigenvalue weighted by molar-refractivity contribution is -0.129. The molecule has 0 fully saturated rings. The number of esters is 2. The number of benzene rings is 3. The topological polar surface area (TPSA) is 65.0 Å². The second-order valence-corrected chi connectivity index (χ2v) is 10.4. The minimum absolute atomic E-state index is 0.0617. The average molecular weight is 587 g/mol. The number of thiophene rings is 1. The third-order valence-corrected chi connectivity index (χ3v) is 7.54. The van der Waals surface area contributed by atoms with Crippen molar-refractivity contribution >= 4 is 84.5 Å². The Bertz CT molecular complexity index is 1570. The van der Waals surface area contributed by atoms with Crippen molar-refractivity contribution in [2.75, 3.05) is 0 Å². The van der Waals surface area contributed by atoms with E-state index in [1.165, 1.54) is 17.4 Å². The predicted octanol–water partition coefficient (Wildman–Crippen LogP) is 7.84. The van der Waals surface area contributed by atoms with Crippen LogP contribution in [-0.2, 0) is 9.53 Å². The molecule has 9 heteroatoms. The van der Waals surface area contributed by atoms with Crippen molar-refractivity contribution in [2.45, 2.75) is 6.92 Å². The van der Waals surface area contributed by atoms with Gasteiger partial charge in [0.2, 0.25) is 5.90 Å². The van der Waals surface area contributed by atoms with E-state index in [1.807, 2.05) is 25.1 Å². The van der Waals surface area contributed by atoms with E-state index in [2.05, 4.69) is 20.9 Å². The summed E-state index contributed by atoms with van der Waals surface area (Å²) in [5.41, 5.74) is 1.97. The number of halogens is 3. The second kappa shape index (κ2) is 9.59. The maximum Gasteiger partial charge on any atom is 0.363 e. The zero-order chi connectivity index (χ0) is 24.7. The number of carbonyl (C=O) groups excluding carboxylic acids is 2. The van der Waals surface area contributed by atoms with Crippen LogP contribution in [-0.4, -0.2) is 17.8 Å². The van der Waals surface area contributed by atoms with Crippen molar-refractivity contribution in [1.82, 2.24) is 0 Å². The summed E-state index contributed by atoms with van der Waals surface area (Å²) in [4.78, 5) is 30.2. The highest BCUT2D eigenvalue weighted by atomic mass is 79.9. The van der Waals surface area contributed by atoms with Gasteiger partial charge in [0.1, 0.15) is 10.6 Å². The number of aliphatic imine (C=N–C) groups is 1. The van der Waals surface area contributed by atoms with Gasteiger partial charge >= 0.3 is 11.9 Å². The molecule has 3 aromatic carbocycles. The predicted molar refractivity (Wildman–Crippen MR) is 143 cm³/mol. The summed E-state index contributed by atoms with van der Waals surface area (Å²) < 4.78 is 12.7. The molecule has 0 radical (unpaired) electrons. The van der Waals surface area contributed by atoms with E-state index in [4.69, 9.17) is 32.7 Å². The molecular formula is C26H14BrCl2NO4S. The number of hydrogen-bond acceptors (Lipinski definition) is 6. The number of carbonyl (C=O) groups is 2. The van der Waals surface area contributed by atoms with Crippen molar-refractivity contribution < 1.29 is 19.1 Å². The Balaban J connectivity index is 1.49. The Morgan fingerprint density at radius 1 is 1.09 bits per heavy atom. The summed E-state index contributed by atoms with van der Waals surface area (Å²) in [6, 6.07) is 17.4. The molecular weight excluding hydrogens is 573 g/mol. The second-order valence-electron chi connectivity index (χ2n) is 7.66. The van der Waals surface area contributed by atoms with Gasteiger partial charge in [-0.3, -0.25) is 0 Å². The van der Waals surface area contributed by atoms with E-state index >= 15 is 0 Å². The molecule has 0 atom stereocenters. The largest absolute Gasteiger partial charge is 0.422 e. The molecule has 5 nitrogen and oxygen atoms in total. The molecule has 1 aliphatic heterocycles. The first-order chi connectivity index (χ1) is 16.8. The van der Waals surface area contributed by atoms with Crippen molar-refractivity contribution in [2.24, 2.45) is 4.99 Å². The number of hydrogen-bond donors (Lipinski definition) is 0. The van der Waals surface area contributed by atoms with Crippen LogP contribution < -0.4 is 4.74 Å². The molecule has 0 aliphatic carbocycles. The Morgan fingerprint density at radius 3 is 2.63 bits per heavy atom. The van der Waals surface area contributed by atoms with Gasteiger partial charge in [-0.25, -0.2) is 14.6 Å². The fourth-order valence-electron chi connectivity index (χ4n) is 3.43. The van der Waals surface area contributed by atoms with Crippen LogP contribution >= 0.6 is 50.5 Å². The fraction of sp³-hybridized carbons (Fsp3) is 0.0385. The lowest BCUT2D eigenvalue weighted by atomic mass is 10.1. The van der Waals surface area contributed by atoms with Gasteiger partial charge in [-0.15, -0.1) is 11.3 Å². The van der Waals surface area contributed by atoms with Gasteiger partial charge < -0.3 is 9.47 Å². The van der Waals surface area contributed by atoms with E-state index < -0.39 is 11.9 Å². The molecule has 4 aromatic rings. The van der Waals surface area contributed by atoms with Crippen LogP contribution in [0.1, 0.15) is 26.4 Å². The summed E-state index contributed by atoms with van der Waals surface area (Å²) >= 11 is 17.3. The third-order valence-electron chi connectivity index (χ3n) is 5.15. The lowest BCUT2D eigenvalue weighted by Crippen LogP contribution is -2.09. The van der Waals surface area contributed by atoms with Gasteiger partial charge in [0.25, 0.3) is 0 Å². The first-order valence-corrected chi connectivity index (χ1v) is 12.6. The van der Waals surface area contributed by atoms with E-state index in [0.717, 1.165) is 20.1 Å². The van der Waals surface area contributed by atoms with E-state index in [9.17, 15) is 9.59 Å². The summed E-state index contributed by atoms with van der Waals surface area (Å²) in [7, 11) is 0. The molecule has 0 unspecified atom stereocenters. The molecule has 5 rings (SSSR count). The van der Waals surface area contributed by atoms with Crippen LogP contribution in [0.5, 0.6) is 5.75 Å². The van der Waals surface area contributed by atoms with Crippen LogP contribution in [0.3, 0.4) is 0 Å². The maximum absolute atomic E-state index is 12.6. The molecule has 0 spiro atoms. The molecule has 0 N–H and O–H groups in total. The molecule has 0 saturated carbocycles. The maximum atomic E-state index is 12.6. The standard InChI is InChI=1S/C26H14BrCl2NO4S/c1-13-2-8-18-21(10-13)35-23(22(18)29)24-30-19(26(32)34-24)12-15-11-16(27)5-9-20(15)33-25(31)14-3-6-17(28)7-4-14/h2-12H,1H3/b19-12+. The average Bonchev–Trinajstić information content (AvgIpc) is 3.34. The summed E-state index contributed by atoms with van der Waals surface area (Å²) in [5, 5.41) is 1.87. The van der Waals surface area contributed by atoms with Crippen LogP contribution in [0.25, 0.3) is 16.2 Å². The van der Waals surface area contributed by atoms with Crippen LogP contribution in [0.2, 0.25) is 10.0 Å². The van der Waals surface area contributed by atoms with Crippen molar-refractivity contribution in [3.8, 4) is 5.75 Å². The Kier molecular flexibility index (Phi) is 6.51. The first-order valence-electron chi connectivity index (χ1n) is 10.3. The van der Waals surface area contributed by atoms with Crippen molar-refractivity contribution in [3.63, 3.8) is 0 Å². The third kappa shape index (κ3) is 4.90. The molecule has 174 valence electrons. The SMILES string of the molecule is Cc1ccc2c(Cl)c(C3=N/C(=C/c4cc(Br)ccc4OC(=O)c4ccc(Cl)cc4)C(=O)O3)sc2c1. The summed E-state index contributed by atoms with van der Waals surface area (Å²) in [6.07, 6.45) is 1.51. The Morgan fingerprint density at radius 2 is 1.86 bits per heavy atom. The molecule has 0 bridgehead atoms. The minimum atomic E-state index is -0.625. The van der Waals surface area contributed by atoms with Gasteiger partial charge in [-0.2, -0.15) is 0 Å². The number of ether oxygens (including phenoxy) is 2. The Hall–Kier alpha value is -2.97. The van der Waals surface area contributed by atoms with E-state index in [1.54, 1.807) is 42.5 Å². The quantitative estimate of drug-likeness (QED) is 0.139. The van der Waals surface area contributed by atoms with Gasteiger partial charge in [0, 0.05) is 25.1 Å². The molecule has 0 saturated heterocycles. The Labute approximate surface area is 222 Å². The zero-order valence-corrected chi connectivity index (χ0v) is 21.9. The van der Waals surface area contributed by atoms with Gasteiger partial charge in [-0.05, 0) is 67.1 Å². The molecule has 35 heavy (non-hydrogen) atoms. The number of rotatable bonds is 4.